The number of ether oxygens (including phenoxy) is 3. The molecule has 1 N–H and O–H groups in total. The van der Waals surface area contributed by atoms with Gasteiger partial charge in [-0.05, 0) is 12.1 Å². The topological polar surface area (TPSA) is 65.0 Å². The molecule has 1 aromatic rings. The van der Waals surface area contributed by atoms with Gasteiger partial charge in [0.1, 0.15) is 0 Å². The first-order chi connectivity index (χ1) is 8.58. The highest BCUT2D eigenvalue weighted by Crippen LogP contribution is 2.36. The predicted octanol–water partition coefficient (Wildman–Crippen LogP) is 1.59. The van der Waals surface area contributed by atoms with Gasteiger partial charge in [0.05, 0.1) is 26.9 Å². The normalized spacial score (nSPS) is 11.8. The molecule has 5 heteroatoms. The molecule has 1 rings (SSSR count). The van der Waals surface area contributed by atoms with E-state index in [1.165, 1.54) is 21.3 Å². The minimum absolute atomic E-state index is 0.0514. The Bertz CT molecular complexity index is 428. The van der Waals surface area contributed by atoms with Crippen molar-refractivity contribution in [3.63, 3.8) is 0 Å². The second-order valence-electron chi connectivity index (χ2n) is 3.88. The van der Waals surface area contributed by atoms with Crippen LogP contribution >= 0.6 is 0 Å². The number of hydrogen-bond acceptors (Lipinski definition) is 5. The van der Waals surface area contributed by atoms with Crippen LogP contribution in [0.4, 0.5) is 0 Å². The highest BCUT2D eigenvalue weighted by atomic mass is 16.5. The van der Waals surface area contributed by atoms with Crippen molar-refractivity contribution in [3.05, 3.63) is 23.3 Å². The van der Waals surface area contributed by atoms with Crippen LogP contribution in [0.15, 0.2) is 12.1 Å². The van der Waals surface area contributed by atoms with Crippen molar-refractivity contribution in [2.24, 2.45) is 0 Å². The van der Waals surface area contributed by atoms with E-state index in [0.717, 1.165) is 0 Å². The maximum atomic E-state index is 11.6. The molecule has 0 aliphatic rings. The number of hydrogen-bond donors (Lipinski definition) is 1. The lowest BCUT2D eigenvalue weighted by Gasteiger charge is -2.17. The monoisotopic (exact) mass is 254 g/mol. The number of benzene rings is 1. The Morgan fingerprint density at radius 3 is 2.39 bits per heavy atom. The van der Waals surface area contributed by atoms with Crippen LogP contribution in [0.1, 0.15) is 28.8 Å². The molecule has 18 heavy (non-hydrogen) atoms. The smallest absolute Gasteiger partial charge is 0.337 e. The fourth-order valence-electron chi connectivity index (χ4n) is 1.69. The summed E-state index contributed by atoms with van der Waals surface area (Å²) in [5.41, 5.74) is 1.07. The Kier molecular flexibility index (Phi) is 4.97. The molecule has 5 nitrogen and oxygen atoms in total. The summed E-state index contributed by atoms with van der Waals surface area (Å²) in [4.78, 5) is 11.6. The summed E-state index contributed by atoms with van der Waals surface area (Å²) in [6.07, 6.45) is 0. The largest absolute Gasteiger partial charge is 0.493 e. The summed E-state index contributed by atoms with van der Waals surface area (Å²) in [6, 6.07) is 3.20. The van der Waals surface area contributed by atoms with E-state index in [4.69, 9.17) is 9.47 Å². The van der Waals surface area contributed by atoms with E-state index < -0.39 is 5.97 Å². The van der Waals surface area contributed by atoms with Gasteiger partial charge in [-0.25, -0.2) is 4.79 Å². The molecular formula is C13H18O5. The molecule has 1 unspecified atom stereocenters. The lowest BCUT2D eigenvalue weighted by Crippen LogP contribution is -2.08. The van der Waals surface area contributed by atoms with Crippen molar-refractivity contribution in [1.82, 2.24) is 0 Å². The van der Waals surface area contributed by atoms with E-state index in [1.807, 2.05) is 6.92 Å². The average Bonchev–Trinajstić information content (AvgIpc) is 2.43. The van der Waals surface area contributed by atoms with Gasteiger partial charge in [0.2, 0.25) is 0 Å². The number of esters is 1. The predicted molar refractivity (Wildman–Crippen MR) is 66.4 cm³/mol. The molecule has 0 bridgehead atoms. The fraction of sp³-hybridized carbons (Fsp3) is 0.462. The zero-order chi connectivity index (χ0) is 13.7. The van der Waals surface area contributed by atoms with Crippen LogP contribution in [0.3, 0.4) is 0 Å². The quantitative estimate of drug-likeness (QED) is 0.808. The standard InChI is InChI=1S/C13H18O5/c1-8(7-14)10-5-9(13(15)18-4)6-11(16-2)12(10)17-3/h5-6,8,14H,7H2,1-4H3. The molecule has 0 heterocycles. The lowest BCUT2D eigenvalue weighted by molar-refractivity contribution is 0.0600. The number of carbonyl (C=O) groups is 1. The van der Waals surface area contributed by atoms with Crippen molar-refractivity contribution in [2.45, 2.75) is 12.8 Å². The van der Waals surface area contributed by atoms with E-state index >= 15 is 0 Å². The number of methoxy groups -OCH3 is 3. The van der Waals surface area contributed by atoms with Crippen molar-refractivity contribution < 1.29 is 24.1 Å². The van der Waals surface area contributed by atoms with Crippen molar-refractivity contribution in [1.29, 1.82) is 0 Å². The maximum absolute atomic E-state index is 11.6. The zero-order valence-electron chi connectivity index (χ0n) is 11.0. The average molecular weight is 254 g/mol. The number of aliphatic hydroxyl groups is 1. The van der Waals surface area contributed by atoms with Crippen molar-refractivity contribution in [3.8, 4) is 11.5 Å². The maximum Gasteiger partial charge on any atom is 0.337 e. The van der Waals surface area contributed by atoms with Gasteiger partial charge in [0.25, 0.3) is 0 Å². The molecule has 0 amide bonds. The van der Waals surface area contributed by atoms with Gasteiger partial charge < -0.3 is 19.3 Å². The van der Waals surface area contributed by atoms with E-state index in [2.05, 4.69) is 4.74 Å². The molecule has 0 saturated heterocycles. The molecule has 1 atom stereocenters. The second-order valence-corrected chi connectivity index (χ2v) is 3.88. The Morgan fingerprint density at radius 2 is 1.94 bits per heavy atom. The summed E-state index contributed by atoms with van der Waals surface area (Å²) < 4.78 is 15.1. The third-order valence-electron chi connectivity index (χ3n) is 2.73. The lowest BCUT2D eigenvalue weighted by atomic mass is 9.98. The summed E-state index contributed by atoms with van der Waals surface area (Å²) in [7, 11) is 4.32. The van der Waals surface area contributed by atoms with Crippen LogP contribution in [0.25, 0.3) is 0 Å². The highest BCUT2D eigenvalue weighted by molar-refractivity contribution is 5.90. The molecule has 0 spiro atoms. The van der Waals surface area contributed by atoms with Crippen molar-refractivity contribution in [2.75, 3.05) is 27.9 Å². The van der Waals surface area contributed by atoms with Gasteiger partial charge in [0.15, 0.2) is 11.5 Å². The van der Waals surface area contributed by atoms with Gasteiger partial charge in [-0.2, -0.15) is 0 Å². The summed E-state index contributed by atoms with van der Waals surface area (Å²) in [5.74, 6) is 0.336. The molecular weight excluding hydrogens is 236 g/mol. The minimum atomic E-state index is -0.456. The van der Waals surface area contributed by atoms with Crippen molar-refractivity contribution >= 4 is 5.97 Å². The Morgan fingerprint density at radius 1 is 1.28 bits per heavy atom. The number of carbonyl (C=O) groups excluding carboxylic acids is 1. The second kappa shape index (κ2) is 6.26. The van der Waals surface area contributed by atoms with Crippen LogP contribution in [0.5, 0.6) is 11.5 Å². The van der Waals surface area contributed by atoms with Crippen LogP contribution in [0, 0.1) is 0 Å². The molecule has 100 valence electrons. The van der Waals surface area contributed by atoms with E-state index in [0.29, 0.717) is 22.6 Å². The minimum Gasteiger partial charge on any atom is -0.493 e. The van der Waals surface area contributed by atoms with E-state index in [-0.39, 0.29) is 12.5 Å². The van der Waals surface area contributed by atoms with Gasteiger partial charge in [0, 0.05) is 18.1 Å². The van der Waals surface area contributed by atoms with Gasteiger partial charge in [-0.3, -0.25) is 0 Å². The fourth-order valence-corrected chi connectivity index (χ4v) is 1.69. The van der Waals surface area contributed by atoms with E-state index in [9.17, 15) is 9.90 Å². The Hall–Kier alpha value is -1.75. The molecule has 0 aliphatic heterocycles. The SMILES string of the molecule is COC(=O)c1cc(OC)c(OC)c(C(C)CO)c1. The Balaban J connectivity index is 3.40. The summed E-state index contributed by atoms with van der Waals surface area (Å²) >= 11 is 0. The van der Waals surface area contributed by atoms with Gasteiger partial charge in [-0.15, -0.1) is 0 Å². The Labute approximate surface area is 106 Å². The van der Waals surface area contributed by atoms with Crippen LogP contribution in [0.2, 0.25) is 0 Å². The molecule has 0 aromatic heterocycles. The van der Waals surface area contributed by atoms with Crippen LogP contribution < -0.4 is 9.47 Å². The van der Waals surface area contributed by atoms with Crippen LogP contribution in [-0.2, 0) is 4.74 Å². The molecule has 1 aromatic carbocycles. The van der Waals surface area contributed by atoms with Crippen LogP contribution in [-0.4, -0.2) is 39.0 Å². The highest BCUT2D eigenvalue weighted by Gasteiger charge is 2.19. The number of rotatable bonds is 5. The van der Waals surface area contributed by atoms with Gasteiger partial charge >= 0.3 is 5.97 Å². The summed E-state index contributed by atoms with van der Waals surface area (Å²) in [5, 5.41) is 9.25. The first kappa shape index (κ1) is 14.3. The molecule has 0 radical (unpaired) electrons. The molecule has 0 saturated carbocycles. The first-order valence-corrected chi connectivity index (χ1v) is 5.54. The number of aliphatic hydroxyl groups excluding tert-OH is 1. The summed E-state index contributed by atoms with van der Waals surface area (Å²) in [6.45, 7) is 1.78. The zero-order valence-corrected chi connectivity index (χ0v) is 11.0. The molecule has 0 fully saturated rings. The first-order valence-electron chi connectivity index (χ1n) is 5.54. The van der Waals surface area contributed by atoms with E-state index in [1.54, 1.807) is 12.1 Å². The van der Waals surface area contributed by atoms with Gasteiger partial charge in [-0.1, -0.05) is 6.92 Å². The third kappa shape index (κ3) is 2.73. The molecule has 0 aliphatic carbocycles. The third-order valence-corrected chi connectivity index (χ3v) is 2.73.